The van der Waals surface area contributed by atoms with E-state index in [4.69, 9.17) is 25.2 Å². The Morgan fingerprint density at radius 2 is 1.86 bits per heavy atom. The van der Waals surface area contributed by atoms with E-state index in [2.05, 4.69) is 13.2 Å². The number of rotatable bonds is 9. The number of fused-ring (bicyclic) bond motifs is 3. The maximum absolute atomic E-state index is 13.1. The smallest absolute Gasteiger partial charge is 0.465 e. The molecule has 1 heterocycles. The van der Waals surface area contributed by atoms with Gasteiger partial charge in [0, 0.05) is 29.8 Å². The minimum Gasteiger partial charge on any atom is -0.465 e. The lowest BCUT2D eigenvalue weighted by molar-refractivity contribution is 0.181. The van der Waals surface area contributed by atoms with Crippen molar-refractivity contribution < 1.29 is 28.0 Å². The van der Waals surface area contributed by atoms with Crippen molar-refractivity contribution in [2.75, 3.05) is 30.5 Å². The predicted molar refractivity (Wildman–Crippen MR) is 113 cm³/mol. The average molecular weight is 438 g/mol. The number of halogens is 1. The third kappa shape index (κ3) is 4.33. The van der Waals surface area contributed by atoms with Crippen LogP contribution in [0.4, 0.5) is 10.5 Å². The van der Waals surface area contributed by atoms with Crippen LogP contribution in [0.15, 0.2) is 55.6 Å². The molecule has 0 saturated heterocycles. The Balaban J connectivity index is 2.15. The van der Waals surface area contributed by atoms with Gasteiger partial charge in [-0.25, -0.2) is 9.36 Å². The molecular formula is C20H21ClNO6P. The zero-order valence-corrected chi connectivity index (χ0v) is 17.3. The molecule has 0 unspecified atom stereocenters. The number of amides is 1. The molecular weight excluding hydrogens is 417 g/mol. The van der Waals surface area contributed by atoms with E-state index in [1.54, 1.807) is 18.2 Å². The van der Waals surface area contributed by atoms with E-state index in [1.165, 1.54) is 17.1 Å². The van der Waals surface area contributed by atoms with Crippen molar-refractivity contribution in [2.24, 2.45) is 0 Å². The first kappa shape index (κ1) is 21.4. The second kappa shape index (κ2) is 9.01. The Morgan fingerprint density at radius 1 is 1.24 bits per heavy atom. The average Bonchev–Trinajstić information content (AvgIpc) is 3.10. The number of hydrogen-bond donors (Lipinski definition) is 1. The zero-order valence-electron chi connectivity index (χ0n) is 15.6. The number of phosphoric acid groups is 1. The van der Waals surface area contributed by atoms with Gasteiger partial charge in [0.1, 0.15) is 5.75 Å². The van der Waals surface area contributed by atoms with Crippen LogP contribution in [0.25, 0.3) is 10.8 Å². The molecule has 1 N–H and O–H groups in total. The lowest BCUT2D eigenvalue weighted by Gasteiger charge is -2.21. The number of alkyl halides is 1. The van der Waals surface area contributed by atoms with Crippen LogP contribution < -0.4 is 9.42 Å². The Kier molecular flexibility index (Phi) is 6.65. The standard InChI is InChI=1S/C20H21ClNO6P/c1-3-9-26-29(25,27-10-4-2)28-18-11-17-19(16-8-6-5-7-15(16)18)14(12-21)13-22(17)20(23)24/h3-8,11,14H,1-2,9-10,12-13H2,(H,23,24)/t14-/m1/s1. The first-order valence-corrected chi connectivity index (χ1v) is 10.9. The first-order valence-electron chi connectivity index (χ1n) is 8.86. The highest BCUT2D eigenvalue weighted by atomic mass is 35.5. The van der Waals surface area contributed by atoms with Crippen molar-refractivity contribution in [3.63, 3.8) is 0 Å². The summed E-state index contributed by atoms with van der Waals surface area (Å²) in [6.45, 7) is 7.20. The van der Waals surface area contributed by atoms with Crippen molar-refractivity contribution >= 4 is 42.0 Å². The third-order valence-corrected chi connectivity index (χ3v) is 6.18. The fraction of sp³-hybridized carbons (Fsp3) is 0.250. The lowest BCUT2D eigenvalue weighted by Crippen LogP contribution is -2.28. The zero-order chi connectivity index (χ0) is 21.0. The SMILES string of the molecule is C=CCOP(=O)(OCC=C)Oc1cc2c(c3ccccc13)[C@H](CCl)CN2C(=O)O. The minimum absolute atomic E-state index is 0.0487. The van der Waals surface area contributed by atoms with Gasteiger partial charge in [0.05, 0.1) is 18.9 Å². The Bertz CT molecular complexity index is 978. The molecule has 7 nitrogen and oxygen atoms in total. The van der Waals surface area contributed by atoms with Crippen molar-refractivity contribution in [2.45, 2.75) is 5.92 Å². The molecule has 0 aliphatic carbocycles. The summed E-state index contributed by atoms with van der Waals surface area (Å²) in [6, 6.07) is 8.83. The van der Waals surface area contributed by atoms with Gasteiger partial charge in [-0.3, -0.25) is 13.9 Å². The Labute approximate surface area is 173 Å². The molecule has 1 atom stereocenters. The maximum atomic E-state index is 13.1. The van der Waals surface area contributed by atoms with Gasteiger partial charge in [0.25, 0.3) is 0 Å². The first-order chi connectivity index (χ1) is 13.9. The van der Waals surface area contributed by atoms with Crippen LogP contribution in [-0.4, -0.2) is 36.8 Å². The van der Waals surface area contributed by atoms with Crippen LogP contribution in [0.3, 0.4) is 0 Å². The number of phosphoric ester groups is 1. The summed E-state index contributed by atoms with van der Waals surface area (Å²) >= 11 is 6.11. The fourth-order valence-electron chi connectivity index (χ4n) is 3.29. The van der Waals surface area contributed by atoms with Gasteiger partial charge in [-0.1, -0.05) is 36.4 Å². The van der Waals surface area contributed by atoms with Gasteiger partial charge >= 0.3 is 13.9 Å². The Hall–Kier alpha value is -2.31. The fourth-order valence-corrected chi connectivity index (χ4v) is 4.69. The molecule has 1 aliphatic rings. The van der Waals surface area contributed by atoms with Gasteiger partial charge in [0.2, 0.25) is 0 Å². The molecule has 9 heteroatoms. The van der Waals surface area contributed by atoms with Crippen molar-refractivity contribution in [1.82, 2.24) is 0 Å². The molecule has 2 aromatic rings. The quantitative estimate of drug-likeness (QED) is 0.314. The molecule has 0 saturated carbocycles. The topological polar surface area (TPSA) is 85.3 Å². The van der Waals surface area contributed by atoms with Crippen LogP contribution in [0.1, 0.15) is 11.5 Å². The number of benzene rings is 2. The monoisotopic (exact) mass is 437 g/mol. The second-order valence-corrected chi connectivity index (χ2v) is 8.21. The summed E-state index contributed by atoms with van der Waals surface area (Å²) in [6.07, 6.45) is 1.74. The number of carboxylic acid groups (broad SMARTS) is 1. The van der Waals surface area contributed by atoms with Crippen molar-refractivity contribution in [1.29, 1.82) is 0 Å². The molecule has 0 fully saturated rings. The van der Waals surface area contributed by atoms with Crippen LogP contribution in [0.5, 0.6) is 5.75 Å². The summed E-state index contributed by atoms with van der Waals surface area (Å²) in [5.41, 5.74) is 1.26. The van der Waals surface area contributed by atoms with Gasteiger partial charge in [0.15, 0.2) is 0 Å². The molecule has 0 bridgehead atoms. The summed E-state index contributed by atoms with van der Waals surface area (Å²) in [5.74, 6) is 0.296. The molecule has 0 aromatic heterocycles. The van der Waals surface area contributed by atoms with E-state index in [0.717, 1.165) is 10.9 Å². The number of anilines is 1. The van der Waals surface area contributed by atoms with E-state index >= 15 is 0 Å². The largest absolute Gasteiger partial charge is 0.530 e. The van der Waals surface area contributed by atoms with Crippen molar-refractivity contribution in [3.8, 4) is 5.75 Å². The molecule has 0 spiro atoms. The number of nitrogens with zero attached hydrogens (tertiary/aromatic N) is 1. The summed E-state index contributed by atoms with van der Waals surface area (Å²) in [5, 5.41) is 11.0. The van der Waals surface area contributed by atoms with Gasteiger partial charge in [-0.2, -0.15) is 0 Å². The van der Waals surface area contributed by atoms with Crippen molar-refractivity contribution in [3.05, 3.63) is 61.2 Å². The summed E-state index contributed by atoms with van der Waals surface area (Å²) in [7, 11) is -4.00. The van der Waals surface area contributed by atoms with E-state index in [-0.39, 0.29) is 37.3 Å². The normalized spacial score (nSPS) is 15.9. The van der Waals surface area contributed by atoms with Crippen LogP contribution in [0, 0.1) is 0 Å². The van der Waals surface area contributed by atoms with Crippen LogP contribution in [0.2, 0.25) is 0 Å². The molecule has 1 amide bonds. The molecule has 1 aliphatic heterocycles. The predicted octanol–water partition coefficient (Wildman–Crippen LogP) is 5.55. The van der Waals surface area contributed by atoms with E-state index in [9.17, 15) is 14.5 Å². The van der Waals surface area contributed by atoms with Gasteiger partial charge in [-0.15, -0.1) is 24.8 Å². The Morgan fingerprint density at radius 3 is 2.41 bits per heavy atom. The third-order valence-electron chi connectivity index (χ3n) is 4.46. The second-order valence-electron chi connectivity index (χ2n) is 6.30. The highest BCUT2D eigenvalue weighted by Crippen LogP contribution is 2.53. The van der Waals surface area contributed by atoms with E-state index in [1.807, 2.05) is 12.1 Å². The molecule has 2 aromatic carbocycles. The van der Waals surface area contributed by atoms with Crippen LogP contribution in [-0.2, 0) is 13.6 Å². The van der Waals surface area contributed by atoms with Crippen LogP contribution >= 0.6 is 19.4 Å². The molecule has 154 valence electrons. The maximum Gasteiger partial charge on any atom is 0.530 e. The molecule has 29 heavy (non-hydrogen) atoms. The van der Waals surface area contributed by atoms with E-state index in [0.29, 0.717) is 11.1 Å². The van der Waals surface area contributed by atoms with Gasteiger partial charge < -0.3 is 9.63 Å². The molecule has 0 radical (unpaired) electrons. The highest BCUT2D eigenvalue weighted by Gasteiger charge is 2.36. The summed E-state index contributed by atoms with van der Waals surface area (Å²) < 4.78 is 29.3. The summed E-state index contributed by atoms with van der Waals surface area (Å²) in [4.78, 5) is 13.0. The highest BCUT2D eigenvalue weighted by molar-refractivity contribution is 7.49. The van der Waals surface area contributed by atoms with E-state index < -0.39 is 13.9 Å². The minimum atomic E-state index is -4.00. The number of hydrogen-bond acceptors (Lipinski definition) is 5. The molecule has 3 rings (SSSR count). The van der Waals surface area contributed by atoms with Gasteiger partial charge in [-0.05, 0) is 10.9 Å². The lowest BCUT2D eigenvalue weighted by atomic mass is 9.95. The number of carbonyl (C=O) groups is 1.